The van der Waals surface area contributed by atoms with Gasteiger partial charge in [-0.2, -0.15) is 0 Å². The Morgan fingerprint density at radius 3 is 2.21 bits per heavy atom. The second kappa shape index (κ2) is 11.2. The molecule has 0 atom stereocenters. The molecule has 154 valence electrons. The van der Waals surface area contributed by atoms with Crippen LogP contribution in [0.1, 0.15) is 23.2 Å². The van der Waals surface area contributed by atoms with Gasteiger partial charge in [0.25, 0.3) is 5.91 Å². The van der Waals surface area contributed by atoms with Crippen molar-refractivity contribution in [1.82, 2.24) is 10.2 Å². The van der Waals surface area contributed by atoms with Gasteiger partial charge in [-0.15, -0.1) is 0 Å². The molecule has 3 N–H and O–H groups in total. The Bertz CT molecular complexity index is 774. The molecule has 0 saturated carbocycles. The van der Waals surface area contributed by atoms with Gasteiger partial charge in [0.1, 0.15) is 0 Å². The van der Waals surface area contributed by atoms with Crippen molar-refractivity contribution in [2.75, 3.05) is 50.0 Å². The van der Waals surface area contributed by atoms with Crippen molar-refractivity contribution in [2.45, 2.75) is 12.8 Å². The summed E-state index contributed by atoms with van der Waals surface area (Å²) >= 11 is 0. The van der Waals surface area contributed by atoms with Gasteiger partial charge in [-0.25, -0.2) is 4.79 Å². The number of rotatable bonds is 8. The van der Waals surface area contributed by atoms with Gasteiger partial charge in [-0.05, 0) is 55.8 Å². The molecule has 3 rings (SSSR count). The minimum Gasteiger partial charge on any atom is -0.379 e. The summed E-state index contributed by atoms with van der Waals surface area (Å²) in [6.07, 6.45) is 2.00. The van der Waals surface area contributed by atoms with Crippen molar-refractivity contribution in [3.63, 3.8) is 0 Å². The maximum absolute atomic E-state index is 12.2. The molecule has 0 aromatic heterocycles. The second-order valence-electron chi connectivity index (χ2n) is 6.94. The van der Waals surface area contributed by atoms with E-state index in [1.165, 1.54) is 0 Å². The lowest BCUT2D eigenvalue weighted by molar-refractivity contribution is 0.0372. The number of carbonyl (C=O) groups excluding carboxylic acids is 2. The quantitative estimate of drug-likeness (QED) is 0.599. The van der Waals surface area contributed by atoms with E-state index in [1.807, 2.05) is 30.3 Å². The molecule has 0 spiro atoms. The molecule has 1 saturated heterocycles. The van der Waals surface area contributed by atoms with E-state index in [9.17, 15) is 9.59 Å². The number of carbonyl (C=O) groups is 2. The number of anilines is 2. The number of unbranched alkanes of at least 4 members (excludes halogenated alkanes) is 1. The molecule has 7 heteroatoms. The van der Waals surface area contributed by atoms with Crippen molar-refractivity contribution in [1.29, 1.82) is 0 Å². The number of nitrogens with one attached hydrogen (secondary N) is 3. The Hall–Kier alpha value is -2.90. The lowest BCUT2D eigenvalue weighted by Crippen LogP contribution is -2.37. The summed E-state index contributed by atoms with van der Waals surface area (Å²) in [7, 11) is 0. The van der Waals surface area contributed by atoms with Crippen molar-refractivity contribution in [2.24, 2.45) is 0 Å². The molecular formula is C22H28N4O3. The van der Waals surface area contributed by atoms with Crippen molar-refractivity contribution < 1.29 is 14.3 Å². The zero-order valence-corrected chi connectivity index (χ0v) is 16.5. The van der Waals surface area contributed by atoms with Crippen molar-refractivity contribution >= 4 is 23.3 Å². The maximum Gasteiger partial charge on any atom is 0.323 e. The third-order valence-corrected chi connectivity index (χ3v) is 4.73. The van der Waals surface area contributed by atoms with E-state index >= 15 is 0 Å². The van der Waals surface area contributed by atoms with Crippen molar-refractivity contribution in [3.8, 4) is 0 Å². The zero-order valence-electron chi connectivity index (χ0n) is 16.5. The molecule has 1 fully saturated rings. The third kappa shape index (κ3) is 7.21. The summed E-state index contributed by atoms with van der Waals surface area (Å²) in [5, 5.41) is 8.45. The fraction of sp³-hybridized carbons (Fsp3) is 0.364. The lowest BCUT2D eigenvalue weighted by atomic mass is 10.2. The van der Waals surface area contributed by atoms with E-state index < -0.39 is 0 Å². The highest BCUT2D eigenvalue weighted by molar-refractivity contribution is 6.00. The van der Waals surface area contributed by atoms with Crippen LogP contribution in [-0.4, -0.2) is 56.2 Å². The lowest BCUT2D eigenvalue weighted by Gasteiger charge is -2.26. The molecule has 2 aromatic rings. The number of benzene rings is 2. The van der Waals surface area contributed by atoms with Crippen LogP contribution in [0.2, 0.25) is 0 Å². The fourth-order valence-electron chi connectivity index (χ4n) is 3.11. The predicted octanol–water partition coefficient (Wildman–Crippen LogP) is 3.17. The largest absolute Gasteiger partial charge is 0.379 e. The number of urea groups is 1. The van der Waals surface area contributed by atoms with Gasteiger partial charge in [0.05, 0.1) is 13.2 Å². The first-order chi connectivity index (χ1) is 14.2. The van der Waals surface area contributed by atoms with Gasteiger partial charge in [-0.3, -0.25) is 9.69 Å². The molecular weight excluding hydrogens is 368 g/mol. The van der Waals surface area contributed by atoms with E-state index in [0.29, 0.717) is 17.8 Å². The number of para-hydroxylation sites is 1. The van der Waals surface area contributed by atoms with E-state index in [2.05, 4.69) is 20.9 Å². The van der Waals surface area contributed by atoms with Crippen LogP contribution in [0.3, 0.4) is 0 Å². The topological polar surface area (TPSA) is 82.7 Å². The van der Waals surface area contributed by atoms with Gasteiger partial charge in [-0.1, -0.05) is 18.2 Å². The number of nitrogens with zero attached hydrogens (tertiary/aromatic N) is 1. The first-order valence-corrected chi connectivity index (χ1v) is 10.0. The summed E-state index contributed by atoms with van der Waals surface area (Å²) < 4.78 is 5.34. The Morgan fingerprint density at radius 1 is 0.862 bits per heavy atom. The minimum atomic E-state index is -0.325. The van der Waals surface area contributed by atoms with Gasteiger partial charge >= 0.3 is 6.03 Å². The average Bonchev–Trinajstić information content (AvgIpc) is 2.75. The Morgan fingerprint density at radius 2 is 1.52 bits per heavy atom. The summed E-state index contributed by atoms with van der Waals surface area (Å²) in [5.74, 6) is -0.100. The van der Waals surface area contributed by atoms with Crippen LogP contribution < -0.4 is 16.0 Å². The predicted molar refractivity (Wildman–Crippen MR) is 114 cm³/mol. The smallest absolute Gasteiger partial charge is 0.323 e. The Labute approximate surface area is 171 Å². The average molecular weight is 396 g/mol. The Kier molecular flexibility index (Phi) is 8.03. The summed E-state index contributed by atoms with van der Waals surface area (Å²) in [5.41, 5.74) is 1.92. The van der Waals surface area contributed by atoms with Crippen LogP contribution in [0.5, 0.6) is 0 Å². The van der Waals surface area contributed by atoms with Crippen molar-refractivity contribution in [3.05, 3.63) is 60.2 Å². The molecule has 3 amide bonds. The molecule has 0 unspecified atom stereocenters. The number of hydrogen-bond donors (Lipinski definition) is 3. The summed E-state index contributed by atoms with van der Waals surface area (Å²) in [6.45, 7) is 5.32. The minimum absolute atomic E-state index is 0.100. The SMILES string of the molecule is O=C(Nc1ccccc1)Nc1ccc(C(=O)NCCCCN2CCOCC2)cc1. The number of hydrogen-bond acceptors (Lipinski definition) is 4. The van der Waals surface area contributed by atoms with Gasteiger partial charge in [0.2, 0.25) is 0 Å². The van der Waals surface area contributed by atoms with Crippen LogP contribution in [0.25, 0.3) is 0 Å². The molecule has 0 radical (unpaired) electrons. The van der Waals surface area contributed by atoms with E-state index in [1.54, 1.807) is 24.3 Å². The molecule has 1 heterocycles. The van der Waals surface area contributed by atoms with E-state index in [0.717, 1.165) is 51.4 Å². The standard InChI is InChI=1S/C22H28N4O3/c27-21(23-12-4-5-13-26-14-16-29-17-15-26)18-8-10-20(11-9-18)25-22(28)24-19-6-2-1-3-7-19/h1-3,6-11H,4-5,12-17H2,(H,23,27)(H2,24,25,28). The highest BCUT2D eigenvalue weighted by Gasteiger charge is 2.10. The molecule has 0 aliphatic carbocycles. The first-order valence-electron chi connectivity index (χ1n) is 10.0. The second-order valence-corrected chi connectivity index (χ2v) is 6.94. The summed E-state index contributed by atoms with van der Waals surface area (Å²) in [4.78, 5) is 26.6. The Balaban J connectivity index is 1.35. The molecule has 0 bridgehead atoms. The molecule has 1 aliphatic rings. The van der Waals surface area contributed by atoms with Crippen LogP contribution in [-0.2, 0) is 4.74 Å². The zero-order chi connectivity index (χ0) is 20.3. The van der Waals surface area contributed by atoms with E-state index in [4.69, 9.17) is 4.74 Å². The van der Waals surface area contributed by atoms with Crippen LogP contribution in [0, 0.1) is 0 Å². The third-order valence-electron chi connectivity index (χ3n) is 4.73. The van der Waals surface area contributed by atoms with Gasteiger partial charge < -0.3 is 20.7 Å². The number of morpholine rings is 1. The first kappa shape index (κ1) is 20.8. The molecule has 29 heavy (non-hydrogen) atoms. The molecule has 1 aliphatic heterocycles. The maximum atomic E-state index is 12.2. The van der Waals surface area contributed by atoms with Crippen LogP contribution in [0.15, 0.2) is 54.6 Å². The van der Waals surface area contributed by atoms with E-state index in [-0.39, 0.29) is 11.9 Å². The molecule has 7 nitrogen and oxygen atoms in total. The van der Waals surface area contributed by atoms with Gasteiger partial charge in [0, 0.05) is 36.6 Å². The number of ether oxygens (including phenoxy) is 1. The monoisotopic (exact) mass is 396 g/mol. The van der Waals surface area contributed by atoms with Gasteiger partial charge in [0.15, 0.2) is 0 Å². The summed E-state index contributed by atoms with van der Waals surface area (Å²) in [6, 6.07) is 15.8. The van der Waals surface area contributed by atoms with Crippen LogP contribution in [0.4, 0.5) is 16.2 Å². The highest BCUT2D eigenvalue weighted by Crippen LogP contribution is 2.11. The highest BCUT2D eigenvalue weighted by atomic mass is 16.5. The number of amides is 3. The fourth-order valence-corrected chi connectivity index (χ4v) is 3.11. The van der Waals surface area contributed by atoms with Crippen LogP contribution >= 0.6 is 0 Å². The normalized spacial score (nSPS) is 14.2. The molecule has 2 aromatic carbocycles.